The highest BCUT2D eigenvalue weighted by Gasteiger charge is 2.17. The van der Waals surface area contributed by atoms with E-state index in [9.17, 15) is 13.2 Å². The molecule has 0 saturated carbocycles. The van der Waals surface area contributed by atoms with Crippen LogP contribution in [0.2, 0.25) is 0 Å². The fraction of sp³-hybridized carbons (Fsp3) is 0.143. The van der Waals surface area contributed by atoms with Gasteiger partial charge < -0.3 is 0 Å². The summed E-state index contributed by atoms with van der Waals surface area (Å²) in [5.74, 6) is 3.65. The van der Waals surface area contributed by atoms with Crippen molar-refractivity contribution in [1.29, 1.82) is 0 Å². The smallest absolute Gasteiger partial charge is 0.137 e. The second-order valence-corrected chi connectivity index (χ2v) is 5.15. The molecular weight excluding hydrogens is 333 g/mol. The first-order valence-electron chi connectivity index (χ1n) is 5.87. The van der Waals surface area contributed by atoms with Crippen LogP contribution >= 0.6 is 15.9 Å². The van der Waals surface area contributed by atoms with Gasteiger partial charge in [-0.25, -0.2) is 13.2 Å². The van der Waals surface area contributed by atoms with Crippen molar-refractivity contribution >= 4 is 15.9 Å². The highest BCUT2D eigenvalue weighted by Crippen LogP contribution is 2.25. The Morgan fingerprint density at radius 3 is 2.25 bits per heavy atom. The SMILES string of the molecule is NNC(Cc1c(F)cccc1F)c1ccc(Br)c(F)c1. The summed E-state index contributed by atoms with van der Waals surface area (Å²) in [6, 6.07) is 7.47. The van der Waals surface area contributed by atoms with E-state index in [2.05, 4.69) is 21.4 Å². The summed E-state index contributed by atoms with van der Waals surface area (Å²) >= 11 is 3.04. The van der Waals surface area contributed by atoms with Crippen molar-refractivity contribution in [3.63, 3.8) is 0 Å². The second kappa shape index (κ2) is 6.39. The minimum Gasteiger partial charge on any atom is -0.271 e. The maximum Gasteiger partial charge on any atom is 0.137 e. The van der Waals surface area contributed by atoms with Gasteiger partial charge >= 0.3 is 0 Å². The van der Waals surface area contributed by atoms with Gasteiger partial charge in [0.1, 0.15) is 17.5 Å². The summed E-state index contributed by atoms with van der Waals surface area (Å²) in [6.07, 6.45) is -0.0178. The molecule has 106 valence electrons. The molecule has 0 aromatic heterocycles. The number of nitrogens with one attached hydrogen (secondary N) is 1. The Kier molecular flexibility index (Phi) is 4.80. The Morgan fingerprint density at radius 1 is 1.05 bits per heavy atom. The van der Waals surface area contributed by atoms with Crippen molar-refractivity contribution in [2.24, 2.45) is 5.84 Å². The summed E-state index contributed by atoms with van der Waals surface area (Å²) in [5.41, 5.74) is 2.88. The monoisotopic (exact) mass is 344 g/mol. The third-order valence-corrected chi connectivity index (χ3v) is 3.66. The standard InChI is InChI=1S/C14H12BrF3N2/c15-10-5-4-8(6-13(10)18)14(20-19)7-9-11(16)2-1-3-12(9)17/h1-6,14,20H,7,19H2. The van der Waals surface area contributed by atoms with Crippen molar-refractivity contribution in [2.75, 3.05) is 0 Å². The van der Waals surface area contributed by atoms with Crippen LogP contribution < -0.4 is 11.3 Å². The van der Waals surface area contributed by atoms with Crippen LogP contribution in [0.5, 0.6) is 0 Å². The Hall–Kier alpha value is -1.37. The molecule has 0 aliphatic carbocycles. The Morgan fingerprint density at radius 2 is 1.70 bits per heavy atom. The third kappa shape index (κ3) is 3.20. The highest BCUT2D eigenvalue weighted by atomic mass is 79.9. The van der Waals surface area contributed by atoms with Crippen molar-refractivity contribution in [3.05, 3.63) is 69.4 Å². The van der Waals surface area contributed by atoms with E-state index in [0.717, 1.165) is 0 Å². The summed E-state index contributed by atoms with van der Waals surface area (Å²) in [4.78, 5) is 0. The average Bonchev–Trinajstić information content (AvgIpc) is 2.42. The van der Waals surface area contributed by atoms with Gasteiger partial charge in [-0.1, -0.05) is 12.1 Å². The lowest BCUT2D eigenvalue weighted by molar-refractivity contribution is 0.497. The number of nitrogens with two attached hydrogens (primary N) is 1. The molecule has 0 amide bonds. The first-order chi connectivity index (χ1) is 9.52. The van der Waals surface area contributed by atoms with Crippen molar-refractivity contribution in [2.45, 2.75) is 12.5 Å². The molecule has 0 heterocycles. The van der Waals surface area contributed by atoms with Crippen LogP contribution in [0.15, 0.2) is 40.9 Å². The van der Waals surface area contributed by atoms with Crippen molar-refractivity contribution in [1.82, 2.24) is 5.43 Å². The minimum absolute atomic E-state index is 0.0178. The van der Waals surface area contributed by atoms with E-state index in [1.807, 2.05) is 0 Å². The quantitative estimate of drug-likeness (QED) is 0.656. The minimum atomic E-state index is -0.650. The number of rotatable bonds is 4. The van der Waals surface area contributed by atoms with E-state index in [1.54, 1.807) is 6.07 Å². The molecule has 1 unspecified atom stereocenters. The molecule has 2 aromatic carbocycles. The van der Waals surface area contributed by atoms with Crippen LogP contribution in [-0.4, -0.2) is 0 Å². The molecule has 0 aliphatic heterocycles. The topological polar surface area (TPSA) is 38.0 Å². The summed E-state index contributed by atoms with van der Waals surface area (Å²) in [7, 11) is 0. The number of hydrazine groups is 1. The zero-order chi connectivity index (χ0) is 14.7. The van der Waals surface area contributed by atoms with Crippen molar-refractivity contribution < 1.29 is 13.2 Å². The highest BCUT2D eigenvalue weighted by molar-refractivity contribution is 9.10. The first kappa shape index (κ1) is 15.0. The summed E-state index contributed by atoms with van der Waals surface area (Å²) in [6.45, 7) is 0. The van der Waals surface area contributed by atoms with Crippen LogP contribution in [-0.2, 0) is 6.42 Å². The molecule has 20 heavy (non-hydrogen) atoms. The lowest BCUT2D eigenvalue weighted by Gasteiger charge is -2.17. The van der Waals surface area contributed by atoms with Gasteiger partial charge in [0.25, 0.3) is 0 Å². The van der Waals surface area contributed by atoms with E-state index in [4.69, 9.17) is 5.84 Å². The maximum absolute atomic E-state index is 13.6. The molecule has 0 spiro atoms. The zero-order valence-electron chi connectivity index (χ0n) is 10.3. The fourth-order valence-electron chi connectivity index (χ4n) is 1.93. The maximum atomic E-state index is 13.6. The van der Waals surface area contributed by atoms with E-state index in [0.29, 0.717) is 10.0 Å². The normalized spacial score (nSPS) is 12.4. The molecule has 3 N–H and O–H groups in total. The van der Waals surface area contributed by atoms with Gasteiger partial charge in [0.2, 0.25) is 0 Å². The van der Waals surface area contributed by atoms with Crippen LogP contribution in [0.4, 0.5) is 13.2 Å². The lowest BCUT2D eigenvalue weighted by atomic mass is 9.98. The van der Waals surface area contributed by atoms with E-state index in [1.165, 1.54) is 30.3 Å². The largest absolute Gasteiger partial charge is 0.271 e. The number of benzene rings is 2. The molecule has 0 bridgehead atoms. The predicted octanol–water partition coefficient (Wildman–Crippen LogP) is 3.61. The van der Waals surface area contributed by atoms with Gasteiger partial charge in [-0.05, 0) is 52.2 Å². The Balaban J connectivity index is 2.31. The van der Waals surface area contributed by atoms with Gasteiger partial charge in [0, 0.05) is 5.56 Å². The predicted molar refractivity (Wildman–Crippen MR) is 74.2 cm³/mol. The molecule has 2 nitrogen and oxygen atoms in total. The average molecular weight is 345 g/mol. The molecule has 0 fully saturated rings. The van der Waals surface area contributed by atoms with Crippen molar-refractivity contribution in [3.8, 4) is 0 Å². The molecule has 0 aliphatic rings. The first-order valence-corrected chi connectivity index (χ1v) is 6.66. The summed E-state index contributed by atoms with van der Waals surface area (Å²) < 4.78 is 41.1. The number of hydrogen-bond acceptors (Lipinski definition) is 2. The van der Waals surface area contributed by atoms with E-state index < -0.39 is 23.5 Å². The molecular formula is C14H12BrF3N2. The van der Waals surface area contributed by atoms with Gasteiger partial charge in [-0.3, -0.25) is 11.3 Å². The fourth-order valence-corrected chi connectivity index (χ4v) is 2.18. The number of hydrogen-bond donors (Lipinski definition) is 2. The van der Waals surface area contributed by atoms with E-state index >= 15 is 0 Å². The zero-order valence-corrected chi connectivity index (χ0v) is 11.9. The van der Waals surface area contributed by atoms with E-state index in [-0.39, 0.29) is 12.0 Å². The molecule has 2 aromatic rings. The molecule has 0 radical (unpaired) electrons. The van der Waals surface area contributed by atoms with Crippen LogP contribution in [0, 0.1) is 17.5 Å². The molecule has 2 rings (SSSR count). The van der Waals surface area contributed by atoms with Gasteiger partial charge in [-0.15, -0.1) is 0 Å². The van der Waals surface area contributed by atoms with Gasteiger partial charge in [0.15, 0.2) is 0 Å². The molecule has 0 saturated heterocycles. The van der Waals surface area contributed by atoms with Crippen LogP contribution in [0.3, 0.4) is 0 Å². The Labute approximate surface area is 122 Å². The summed E-state index contributed by atoms with van der Waals surface area (Å²) in [5, 5.41) is 0. The van der Waals surface area contributed by atoms with Gasteiger partial charge in [-0.2, -0.15) is 0 Å². The number of halogens is 4. The van der Waals surface area contributed by atoms with Crippen LogP contribution in [0.1, 0.15) is 17.2 Å². The second-order valence-electron chi connectivity index (χ2n) is 4.30. The molecule has 6 heteroatoms. The third-order valence-electron chi connectivity index (χ3n) is 3.02. The van der Waals surface area contributed by atoms with Gasteiger partial charge in [0.05, 0.1) is 10.5 Å². The Bertz CT molecular complexity index is 599. The van der Waals surface area contributed by atoms with Crippen LogP contribution in [0.25, 0.3) is 0 Å². The molecule has 1 atom stereocenters. The lowest BCUT2D eigenvalue weighted by Crippen LogP contribution is -2.30.